The first-order valence-electron chi connectivity index (χ1n) is 7.23. The van der Waals surface area contributed by atoms with Crippen LogP contribution in [-0.2, 0) is 22.3 Å². The zero-order valence-electron chi connectivity index (χ0n) is 13.3. The maximum absolute atomic E-state index is 14.7. The number of halogens is 3. The van der Waals surface area contributed by atoms with Crippen LogP contribution in [0, 0.1) is 5.82 Å². The standard InChI is InChI=1S/C15H21BF3NO2/c1-14(2)15(3,4)22-16(21-14)11-6-5-9(8-20)10(13(11)19)7-12(17)18/h5-6,12H,7-8,20H2,1-4H3. The van der Waals surface area contributed by atoms with E-state index in [2.05, 4.69) is 0 Å². The highest BCUT2D eigenvalue weighted by Gasteiger charge is 2.52. The smallest absolute Gasteiger partial charge is 0.399 e. The molecule has 1 heterocycles. The van der Waals surface area contributed by atoms with Crippen molar-refractivity contribution >= 4 is 12.6 Å². The van der Waals surface area contributed by atoms with E-state index in [1.54, 1.807) is 6.07 Å². The van der Waals surface area contributed by atoms with Gasteiger partial charge in [-0.3, -0.25) is 0 Å². The molecule has 1 aromatic rings. The van der Waals surface area contributed by atoms with E-state index in [1.807, 2.05) is 27.7 Å². The molecule has 1 aliphatic rings. The Morgan fingerprint density at radius 1 is 1.14 bits per heavy atom. The molecule has 7 heteroatoms. The van der Waals surface area contributed by atoms with Gasteiger partial charge in [0.15, 0.2) is 0 Å². The van der Waals surface area contributed by atoms with Gasteiger partial charge in [-0.2, -0.15) is 0 Å². The summed E-state index contributed by atoms with van der Waals surface area (Å²) >= 11 is 0. The van der Waals surface area contributed by atoms with E-state index >= 15 is 0 Å². The lowest BCUT2D eigenvalue weighted by molar-refractivity contribution is 0.00578. The maximum atomic E-state index is 14.7. The number of rotatable bonds is 4. The molecule has 0 radical (unpaired) electrons. The Morgan fingerprint density at radius 2 is 1.68 bits per heavy atom. The summed E-state index contributed by atoms with van der Waals surface area (Å²) in [6, 6.07) is 3.05. The zero-order chi connectivity index (χ0) is 16.7. The average molecular weight is 315 g/mol. The van der Waals surface area contributed by atoms with Gasteiger partial charge in [-0.25, -0.2) is 13.2 Å². The first-order chi connectivity index (χ1) is 10.1. The second-order valence-corrected chi connectivity index (χ2v) is 6.49. The molecule has 0 aromatic heterocycles. The van der Waals surface area contributed by atoms with Gasteiger partial charge in [-0.1, -0.05) is 12.1 Å². The number of hydrogen-bond donors (Lipinski definition) is 1. The van der Waals surface area contributed by atoms with Crippen molar-refractivity contribution < 1.29 is 22.5 Å². The number of benzene rings is 1. The van der Waals surface area contributed by atoms with Gasteiger partial charge in [0.1, 0.15) is 5.82 Å². The molecule has 0 spiro atoms. The zero-order valence-corrected chi connectivity index (χ0v) is 13.3. The van der Waals surface area contributed by atoms with E-state index in [-0.39, 0.29) is 17.6 Å². The quantitative estimate of drug-likeness (QED) is 0.868. The van der Waals surface area contributed by atoms with Gasteiger partial charge in [0, 0.05) is 18.4 Å². The van der Waals surface area contributed by atoms with Crippen molar-refractivity contribution in [2.75, 3.05) is 0 Å². The summed E-state index contributed by atoms with van der Waals surface area (Å²) in [5.41, 5.74) is 4.70. The minimum Gasteiger partial charge on any atom is -0.399 e. The Morgan fingerprint density at radius 3 is 2.14 bits per heavy atom. The second kappa shape index (κ2) is 5.87. The first kappa shape index (κ1) is 17.3. The molecule has 1 fully saturated rings. The van der Waals surface area contributed by atoms with Crippen molar-refractivity contribution in [1.82, 2.24) is 0 Å². The summed E-state index contributed by atoms with van der Waals surface area (Å²) in [5.74, 6) is -0.721. The van der Waals surface area contributed by atoms with E-state index in [0.717, 1.165) is 0 Å². The van der Waals surface area contributed by atoms with Crippen LogP contribution < -0.4 is 11.2 Å². The third-order valence-electron chi connectivity index (χ3n) is 4.46. The summed E-state index contributed by atoms with van der Waals surface area (Å²) in [6.07, 6.45) is -3.32. The third-order valence-corrected chi connectivity index (χ3v) is 4.46. The normalized spacial score (nSPS) is 20.0. The maximum Gasteiger partial charge on any atom is 0.497 e. The molecule has 0 aliphatic carbocycles. The fraction of sp³-hybridized carbons (Fsp3) is 0.600. The Labute approximate surface area is 129 Å². The minimum absolute atomic E-state index is 0.00260. The van der Waals surface area contributed by atoms with Gasteiger partial charge < -0.3 is 15.0 Å². The summed E-state index contributed by atoms with van der Waals surface area (Å²) in [7, 11) is -0.923. The van der Waals surface area contributed by atoms with Gasteiger partial charge in [0.25, 0.3) is 0 Å². The van der Waals surface area contributed by atoms with Crippen molar-refractivity contribution in [3.05, 3.63) is 29.1 Å². The largest absolute Gasteiger partial charge is 0.497 e. The first-order valence-corrected chi connectivity index (χ1v) is 7.23. The van der Waals surface area contributed by atoms with E-state index < -0.39 is 37.0 Å². The van der Waals surface area contributed by atoms with Crippen LogP contribution in [0.25, 0.3) is 0 Å². The Bertz CT molecular complexity index is 548. The van der Waals surface area contributed by atoms with Crippen LogP contribution in [0.15, 0.2) is 12.1 Å². The highest BCUT2D eigenvalue weighted by Crippen LogP contribution is 2.36. The lowest BCUT2D eigenvalue weighted by Gasteiger charge is -2.32. The van der Waals surface area contributed by atoms with Crippen LogP contribution >= 0.6 is 0 Å². The fourth-order valence-electron chi connectivity index (χ4n) is 2.40. The molecule has 3 nitrogen and oxygen atoms in total. The lowest BCUT2D eigenvalue weighted by atomic mass is 9.76. The Balaban J connectivity index is 2.41. The molecule has 0 bridgehead atoms. The molecule has 0 amide bonds. The molecule has 22 heavy (non-hydrogen) atoms. The Hall–Kier alpha value is -1.05. The van der Waals surface area contributed by atoms with Gasteiger partial charge in [0.2, 0.25) is 6.43 Å². The van der Waals surface area contributed by atoms with Gasteiger partial charge in [0.05, 0.1) is 11.2 Å². The van der Waals surface area contributed by atoms with Gasteiger partial charge in [-0.05, 0) is 38.8 Å². The summed E-state index contributed by atoms with van der Waals surface area (Å²) in [5, 5.41) is 0. The lowest BCUT2D eigenvalue weighted by Crippen LogP contribution is -2.41. The summed E-state index contributed by atoms with van der Waals surface area (Å²) in [4.78, 5) is 0. The second-order valence-electron chi connectivity index (χ2n) is 6.49. The summed E-state index contributed by atoms with van der Waals surface area (Å²) < 4.78 is 51.7. The monoisotopic (exact) mass is 315 g/mol. The molecule has 1 aliphatic heterocycles. The van der Waals surface area contributed by atoms with E-state index in [4.69, 9.17) is 15.0 Å². The van der Waals surface area contributed by atoms with Crippen LogP contribution in [0.3, 0.4) is 0 Å². The molecular weight excluding hydrogens is 294 g/mol. The summed E-state index contributed by atoms with van der Waals surface area (Å²) in [6.45, 7) is 7.39. The molecule has 0 atom stereocenters. The molecule has 2 N–H and O–H groups in total. The van der Waals surface area contributed by atoms with Crippen molar-refractivity contribution in [2.45, 2.75) is 58.3 Å². The molecule has 0 saturated carbocycles. The van der Waals surface area contributed by atoms with Crippen molar-refractivity contribution in [1.29, 1.82) is 0 Å². The van der Waals surface area contributed by atoms with Crippen molar-refractivity contribution in [2.24, 2.45) is 5.73 Å². The van der Waals surface area contributed by atoms with Crippen LogP contribution in [-0.4, -0.2) is 24.7 Å². The van der Waals surface area contributed by atoms with Gasteiger partial charge >= 0.3 is 7.12 Å². The topological polar surface area (TPSA) is 44.5 Å². The van der Waals surface area contributed by atoms with Crippen molar-refractivity contribution in [3.8, 4) is 0 Å². The molecule has 122 valence electrons. The molecule has 1 saturated heterocycles. The molecule has 2 rings (SSSR count). The fourth-order valence-corrected chi connectivity index (χ4v) is 2.40. The van der Waals surface area contributed by atoms with Gasteiger partial charge in [-0.15, -0.1) is 0 Å². The van der Waals surface area contributed by atoms with Crippen molar-refractivity contribution in [3.63, 3.8) is 0 Å². The van der Waals surface area contributed by atoms with E-state index in [1.165, 1.54) is 6.07 Å². The predicted molar refractivity (Wildman–Crippen MR) is 79.7 cm³/mol. The minimum atomic E-state index is -2.65. The molecule has 0 unspecified atom stereocenters. The molecular formula is C15H21BF3NO2. The average Bonchev–Trinajstić information content (AvgIpc) is 2.60. The third kappa shape index (κ3) is 3.02. The van der Waals surface area contributed by atoms with E-state index in [9.17, 15) is 13.2 Å². The molecule has 1 aromatic carbocycles. The van der Waals surface area contributed by atoms with Crippen LogP contribution in [0.2, 0.25) is 0 Å². The highest BCUT2D eigenvalue weighted by molar-refractivity contribution is 6.62. The van der Waals surface area contributed by atoms with Crippen LogP contribution in [0.4, 0.5) is 13.2 Å². The number of alkyl halides is 2. The number of hydrogen-bond acceptors (Lipinski definition) is 3. The number of nitrogens with two attached hydrogens (primary N) is 1. The SMILES string of the molecule is CC1(C)OB(c2ccc(CN)c(CC(F)F)c2F)OC1(C)C. The van der Waals surface area contributed by atoms with E-state index in [0.29, 0.717) is 5.56 Å². The Kier molecular flexibility index (Phi) is 4.62. The van der Waals surface area contributed by atoms with Crippen LogP contribution in [0.5, 0.6) is 0 Å². The highest BCUT2D eigenvalue weighted by atomic mass is 19.3. The predicted octanol–water partition coefficient (Wildman–Crippen LogP) is 2.39. The van der Waals surface area contributed by atoms with Crippen LogP contribution in [0.1, 0.15) is 38.8 Å².